The standard InChI is InChI=1S/C17H18O6/c18-7-9-22-16-11-13(17(21)23-10-8-19)3-6-15(16)12-1-4-14(20)5-2-12/h1-6,11,18-20H,7-10H2. The van der Waals surface area contributed by atoms with Crippen LogP contribution in [-0.2, 0) is 4.74 Å². The maximum atomic E-state index is 11.9. The highest BCUT2D eigenvalue weighted by Gasteiger charge is 2.13. The fraction of sp³-hybridized carbons (Fsp3) is 0.235. The second kappa shape index (κ2) is 8.17. The molecular weight excluding hydrogens is 300 g/mol. The van der Waals surface area contributed by atoms with E-state index >= 15 is 0 Å². The number of rotatable bonds is 7. The number of esters is 1. The maximum Gasteiger partial charge on any atom is 0.338 e. The second-order valence-corrected chi connectivity index (χ2v) is 4.69. The van der Waals surface area contributed by atoms with Crippen molar-refractivity contribution in [2.75, 3.05) is 26.4 Å². The number of hydrogen-bond donors (Lipinski definition) is 3. The maximum absolute atomic E-state index is 11.9. The van der Waals surface area contributed by atoms with E-state index in [9.17, 15) is 9.90 Å². The second-order valence-electron chi connectivity index (χ2n) is 4.69. The van der Waals surface area contributed by atoms with Gasteiger partial charge in [-0.05, 0) is 35.9 Å². The quantitative estimate of drug-likeness (QED) is 0.671. The first-order chi connectivity index (χ1) is 11.2. The average Bonchev–Trinajstić information content (AvgIpc) is 2.58. The highest BCUT2D eigenvalue weighted by Crippen LogP contribution is 2.32. The van der Waals surface area contributed by atoms with Gasteiger partial charge in [0.1, 0.15) is 24.7 Å². The lowest BCUT2D eigenvalue weighted by Gasteiger charge is -2.13. The lowest BCUT2D eigenvalue weighted by atomic mass is 10.0. The molecule has 0 spiro atoms. The highest BCUT2D eigenvalue weighted by atomic mass is 16.5. The van der Waals surface area contributed by atoms with E-state index in [2.05, 4.69) is 0 Å². The third-order valence-corrected chi connectivity index (χ3v) is 3.07. The number of aliphatic hydroxyl groups excluding tert-OH is 2. The van der Waals surface area contributed by atoms with Gasteiger partial charge in [-0.25, -0.2) is 4.79 Å². The Balaban J connectivity index is 2.34. The van der Waals surface area contributed by atoms with Crippen molar-refractivity contribution in [3.63, 3.8) is 0 Å². The Hall–Kier alpha value is -2.57. The molecule has 0 radical (unpaired) electrons. The van der Waals surface area contributed by atoms with E-state index in [4.69, 9.17) is 19.7 Å². The Kier molecular flexibility index (Phi) is 5.96. The number of aromatic hydroxyl groups is 1. The van der Waals surface area contributed by atoms with Crippen LogP contribution in [-0.4, -0.2) is 47.7 Å². The number of aliphatic hydroxyl groups is 2. The summed E-state index contributed by atoms with van der Waals surface area (Å²) in [6.45, 7) is -0.398. The van der Waals surface area contributed by atoms with E-state index in [-0.39, 0.29) is 37.7 Å². The minimum Gasteiger partial charge on any atom is -0.508 e. The number of phenols is 1. The largest absolute Gasteiger partial charge is 0.508 e. The molecule has 2 rings (SSSR count). The molecule has 0 amide bonds. The molecule has 122 valence electrons. The molecule has 0 heterocycles. The number of ether oxygens (including phenoxy) is 2. The fourth-order valence-corrected chi connectivity index (χ4v) is 2.03. The lowest BCUT2D eigenvalue weighted by Crippen LogP contribution is -2.10. The molecule has 0 aliphatic rings. The van der Waals surface area contributed by atoms with Gasteiger partial charge in [-0.3, -0.25) is 0 Å². The lowest BCUT2D eigenvalue weighted by molar-refractivity contribution is 0.0433. The van der Waals surface area contributed by atoms with Crippen LogP contribution >= 0.6 is 0 Å². The van der Waals surface area contributed by atoms with E-state index in [1.54, 1.807) is 36.4 Å². The molecule has 2 aromatic carbocycles. The molecule has 3 N–H and O–H groups in total. The first-order valence-corrected chi connectivity index (χ1v) is 7.11. The molecule has 23 heavy (non-hydrogen) atoms. The minimum absolute atomic E-state index is 0.0780. The van der Waals surface area contributed by atoms with Gasteiger partial charge in [-0.1, -0.05) is 12.1 Å². The van der Waals surface area contributed by atoms with Crippen LogP contribution < -0.4 is 4.74 Å². The number of phenolic OH excluding ortho intramolecular Hbond substituents is 1. The average molecular weight is 318 g/mol. The van der Waals surface area contributed by atoms with Crippen LogP contribution in [0.25, 0.3) is 11.1 Å². The number of carbonyl (C=O) groups is 1. The molecule has 0 aromatic heterocycles. The Morgan fingerprint density at radius 1 is 0.957 bits per heavy atom. The van der Waals surface area contributed by atoms with Crippen LogP contribution in [0.1, 0.15) is 10.4 Å². The Labute approximate surface area is 133 Å². The van der Waals surface area contributed by atoms with Crippen LogP contribution in [0.15, 0.2) is 42.5 Å². The molecule has 0 atom stereocenters. The summed E-state index contributed by atoms with van der Waals surface area (Å²) in [6.07, 6.45) is 0. The van der Waals surface area contributed by atoms with Gasteiger partial charge in [0.15, 0.2) is 0 Å². The molecule has 2 aromatic rings. The van der Waals surface area contributed by atoms with Crippen molar-refractivity contribution in [3.8, 4) is 22.6 Å². The topological polar surface area (TPSA) is 96.2 Å². The monoisotopic (exact) mass is 318 g/mol. The third kappa shape index (κ3) is 4.45. The first kappa shape index (κ1) is 16.8. The van der Waals surface area contributed by atoms with Crippen LogP contribution in [0.4, 0.5) is 0 Å². The van der Waals surface area contributed by atoms with Gasteiger partial charge in [0.2, 0.25) is 0 Å². The normalized spacial score (nSPS) is 10.3. The van der Waals surface area contributed by atoms with Crippen LogP contribution in [0.5, 0.6) is 11.5 Å². The van der Waals surface area contributed by atoms with Gasteiger partial charge in [0.25, 0.3) is 0 Å². The van der Waals surface area contributed by atoms with Crippen molar-refractivity contribution < 1.29 is 29.6 Å². The Morgan fingerprint density at radius 2 is 1.65 bits per heavy atom. The van der Waals surface area contributed by atoms with Crippen LogP contribution in [0, 0.1) is 0 Å². The fourth-order valence-electron chi connectivity index (χ4n) is 2.03. The summed E-state index contributed by atoms with van der Waals surface area (Å²) in [5.41, 5.74) is 1.80. The summed E-state index contributed by atoms with van der Waals surface area (Å²) < 4.78 is 10.4. The van der Waals surface area contributed by atoms with Gasteiger partial charge in [0, 0.05) is 5.56 Å². The SMILES string of the molecule is O=C(OCCO)c1ccc(-c2ccc(O)cc2)c(OCCO)c1. The molecule has 6 heteroatoms. The van der Waals surface area contributed by atoms with Crippen molar-refractivity contribution in [3.05, 3.63) is 48.0 Å². The number of carbonyl (C=O) groups excluding carboxylic acids is 1. The Morgan fingerprint density at radius 3 is 2.30 bits per heavy atom. The van der Waals surface area contributed by atoms with Gasteiger partial charge >= 0.3 is 5.97 Å². The summed E-state index contributed by atoms with van der Waals surface area (Å²) in [5.74, 6) is 0.00382. The van der Waals surface area contributed by atoms with E-state index < -0.39 is 5.97 Å². The molecule has 0 fully saturated rings. The zero-order chi connectivity index (χ0) is 16.7. The van der Waals surface area contributed by atoms with Crippen LogP contribution in [0.2, 0.25) is 0 Å². The van der Waals surface area contributed by atoms with E-state index in [0.717, 1.165) is 11.1 Å². The Bertz CT molecular complexity index is 651. The van der Waals surface area contributed by atoms with Gasteiger partial charge < -0.3 is 24.8 Å². The predicted molar refractivity (Wildman–Crippen MR) is 83.5 cm³/mol. The van der Waals surface area contributed by atoms with Crippen molar-refractivity contribution in [1.82, 2.24) is 0 Å². The van der Waals surface area contributed by atoms with Crippen molar-refractivity contribution in [2.24, 2.45) is 0 Å². The van der Waals surface area contributed by atoms with E-state index in [0.29, 0.717) is 5.75 Å². The zero-order valence-electron chi connectivity index (χ0n) is 12.4. The van der Waals surface area contributed by atoms with Crippen molar-refractivity contribution >= 4 is 5.97 Å². The summed E-state index contributed by atoms with van der Waals surface area (Å²) >= 11 is 0. The van der Waals surface area contributed by atoms with Crippen LogP contribution in [0.3, 0.4) is 0 Å². The minimum atomic E-state index is -0.565. The summed E-state index contributed by atoms with van der Waals surface area (Å²) in [7, 11) is 0. The van der Waals surface area contributed by atoms with Gasteiger partial charge in [0.05, 0.1) is 18.8 Å². The van der Waals surface area contributed by atoms with E-state index in [1.807, 2.05) is 0 Å². The molecular formula is C17H18O6. The molecule has 0 bridgehead atoms. The molecule has 0 aliphatic heterocycles. The summed E-state index contributed by atoms with van der Waals surface area (Å²) in [5, 5.41) is 27.0. The summed E-state index contributed by atoms with van der Waals surface area (Å²) in [4.78, 5) is 11.9. The smallest absolute Gasteiger partial charge is 0.338 e. The highest BCUT2D eigenvalue weighted by molar-refractivity contribution is 5.91. The number of hydrogen-bond acceptors (Lipinski definition) is 6. The predicted octanol–water partition coefficient (Wildman–Crippen LogP) is 1.58. The van der Waals surface area contributed by atoms with Gasteiger partial charge in [-0.15, -0.1) is 0 Å². The molecule has 0 saturated heterocycles. The summed E-state index contributed by atoms with van der Waals surface area (Å²) in [6, 6.07) is 11.4. The number of benzene rings is 2. The van der Waals surface area contributed by atoms with Crippen molar-refractivity contribution in [2.45, 2.75) is 0 Å². The third-order valence-electron chi connectivity index (χ3n) is 3.07. The first-order valence-electron chi connectivity index (χ1n) is 7.11. The molecule has 6 nitrogen and oxygen atoms in total. The molecule has 0 saturated carbocycles. The molecule has 0 unspecified atom stereocenters. The van der Waals surface area contributed by atoms with Crippen molar-refractivity contribution in [1.29, 1.82) is 0 Å². The molecule has 0 aliphatic carbocycles. The van der Waals surface area contributed by atoms with E-state index in [1.165, 1.54) is 6.07 Å². The zero-order valence-corrected chi connectivity index (χ0v) is 12.4. The van der Waals surface area contributed by atoms with Gasteiger partial charge in [-0.2, -0.15) is 0 Å².